The average Bonchev–Trinajstić information content (AvgIpc) is 4.46. The molecule has 0 spiro atoms. The van der Waals surface area contributed by atoms with Gasteiger partial charge < -0.3 is 10.6 Å². The minimum atomic E-state index is -0.632. The minimum absolute atomic E-state index is 0.0965. The summed E-state index contributed by atoms with van der Waals surface area (Å²) in [7, 11) is 3.55. The Hall–Kier alpha value is -9.06. The van der Waals surface area contributed by atoms with Crippen LogP contribution >= 0.6 is 0 Å². The van der Waals surface area contributed by atoms with E-state index in [0.29, 0.717) is 82.0 Å². The number of hydrogen-bond donors (Lipinski definition) is 2. The number of halogens is 2. The SMILES string of the molecule is CN1C(=O)c2c(nn(Cc3ccc(-c4cc(-c5cccc(Nc6c7c(nn6Cc6ccc(-c8ccc(F)cn8)cc6)N6C(=N[C@@H]8CCC[C@@H]86)N(C)C7=O)c5)cc(F)n4)cc3)c2Nc2ccccc2)N2C1=N[C@@H]1CCC[C@@H]12. The number of pyridine rings is 2. The Morgan fingerprint density at radius 3 is 1.67 bits per heavy atom. The highest BCUT2D eigenvalue weighted by Gasteiger charge is 2.51. The molecule has 8 aromatic rings. The molecule has 4 aromatic carbocycles. The van der Waals surface area contributed by atoms with Gasteiger partial charge in [-0.1, -0.05) is 78.9 Å². The van der Waals surface area contributed by atoms with Crippen LogP contribution in [0.1, 0.15) is 70.4 Å². The van der Waals surface area contributed by atoms with Crippen molar-refractivity contribution in [1.82, 2.24) is 39.3 Å². The number of nitrogens with one attached hydrogen (secondary N) is 2. The van der Waals surface area contributed by atoms with E-state index in [1.807, 2.05) is 119 Å². The van der Waals surface area contributed by atoms with Gasteiger partial charge in [0.2, 0.25) is 17.9 Å². The van der Waals surface area contributed by atoms with E-state index in [4.69, 9.17) is 20.2 Å². The molecule has 378 valence electrons. The van der Waals surface area contributed by atoms with Crippen molar-refractivity contribution in [3.8, 4) is 33.6 Å². The minimum Gasteiger partial charge on any atom is -0.340 e. The summed E-state index contributed by atoms with van der Waals surface area (Å²) in [6.07, 6.45) is 7.20. The number of aromatic nitrogens is 6. The number of rotatable bonds is 11. The zero-order chi connectivity index (χ0) is 51.3. The number of nitrogens with zero attached hydrogens (tertiary/aromatic N) is 12. The Kier molecular flexibility index (Phi) is 10.7. The largest absolute Gasteiger partial charge is 0.340 e. The molecule has 4 atom stereocenters. The standard InChI is InChI=1S/C58H50F2N14O2/c1-69-55(75)49-51(62-40-10-4-3-5-11-40)71(67-53(49)73-46-15-7-13-43(46)65-57(69)73)31-34-19-23-36(24-20-34)45-28-38(29-48(60)64-45)37-9-6-12-41(27-37)63-52-50-54(74-47-16-8-14-44(47)66-58(74)70(2)56(50)76)68-72(52)32-33-17-21-35(22-18-33)42-26-25-39(59)30-61-42/h3-6,9-12,17-30,43-44,46-47,62-63H,7-8,13-16,31-32H2,1-2H3/t43-,44-,46+,47+/m1/s1. The molecule has 6 aliphatic rings. The van der Waals surface area contributed by atoms with Crippen molar-refractivity contribution in [2.75, 3.05) is 34.5 Å². The molecule has 4 aromatic heterocycles. The van der Waals surface area contributed by atoms with Gasteiger partial charge in [0.25, 0.3) is 11.8 Å². The summed E-state index contributed by atoms with van der Waals surface area (Å²) in [5.74, 6) is 2.18. The molecule has 0 unspecified atom stereocenters. The van der Waals surface area contributed by atoms with Crippen LogP contribution in [-0.4, -0.2) is 101 Å². The summed E-state index contributed by atoms with van der Waals surface area (Å²) in [6, 6.07) is 39.9. The second-order valence-corrected chi connectivity index (χ2v) is 20.4. The maximum absolute atomic E-state index is 15.7. The first-order chi connectivity index (χ1) is 37.1. The van der Waals surface area contributed by atoms with Gasteiger partial charge in [0.15, 0.2) is 11.6 Å². The molecule has 8 heterocycles. The molecule has 2 fully saturated rings. The zero-order valence-electron chi connectivity index (χ0n) is 41.6. The van der Waals surface area contributed by atoms with E-state index < -0.39 is 11.8 Å². The maximum Gasteiger partial charge on any atom is 0.267 e. The molecule has 2 N–H and O–H groups in total. The smallest absolute Gasteiger partial charge is 0.267 e. The van der Waals surface area contributed by atoms with Gasteiger partial charge in [-0.25, -0.2) is 28.7 Å². The van der Waals surface area contributed by atoms with Crippen LogP contribution in [0, 0.1) is 11.8 Å². The van der Waals surface area contributed by atoms with Gasteiger partial charge in [0.1, 0.15) is 28.6 Å². The van der Waals surface area contributed by atoms with E-state index in [9.17, 15) is 14.0 Å². The number of carbonyl (C=O) groups excluding carboxylic acids is 2. The molecule has 76 heavy (non-hydrogen) atoms. The molecule has 2 saturated carbocycles. The molecule has 0 bridgehead atoms. The molecular weight excluding hydrogens is 963 g/mol. The Labute approximate surface area is 436 Å². The lowest BCUT2D eigenvalue weighted by Gasteiger charge is -2.34. The molecule has 16 nitrogen and oxygen atoms in total. The third kappa shape index (κ3) is 7.60. The highest BCUT2D eigenvalue weighted by Crippen LogP contribution is 2.45. The van der Waals surface area contributed by atoms with E-state index in [0.717, 1.165) is 72.0 Å². The van der Waals surface area contributed by atoms with Crippen LogP contribution in [0.3, 0.4) is 0 Å². The summed E-state index contributed by atoms with van der Waals surface area (Å²) in [5, 5.41) is 17.4. The fourth-order valence-electron chi connectivity index (χ4n) is 11.9. The molecular formula is C58H50F2N14O2. The highest BCUT2D eigenvalue weighted by molar-refractivity contribution is 6.22. The Morgan fingerprint density at radius 1 is 0.553 bits per heavy atom. The van der Waals surface area contributed by atoms with Crippen LogP contribution in [0.4, 0.5) is 43.4 Å². The van der Waals surface area contributed by atoms with Crippen LogP contribution in [-0.2, 0) is 13.1 Å². The summed E-state index contributed by atoms with van der Waals surface area (Å²) >= 11 is 0. The molecule has 14 rings (SSSR count). The lowest BCUT2D eigenvalue weighted by atomic mass is 10.0. The van der Waals surface area contributed by atoms with Crippen LogP contribution < -0.4 is 20.4 Å². The first-order valence-electron chi connectivity index (χ1n) is 25.8. The number of fused-ring (bicyclic) bond motifs is 10. The zero-order valence-corrected chi connectivity index (χ0v) is 41.6. The van der Waals surface area contributed by atoms with Crippen molar-refractivity contribution in [2.24, 2.45) is 9.98 Å². The number of carbonyl (C=O) groups is 2. The predicted octanol–water partition coefficient (Wildman–Crippen LogP) is 10.1. The lowest BCUT2D eigenvalue weighted by Crippen LogP contribution is -2.51. The molecule has 2 amide bonds. The van der Waals surface area contributed by atoms with Gasteiger partial charge >= 0.3 is 0 Å². The van der Waals surface area contributed by atoms with Crippen molar-refractivity contribution in [3.63, 3.8) is 0 Å². The molecule has 0 radical (unpaired) electrons. The van der Waals surface area contributed by atoms with Crippen LogP contribution in [0.2, 0.25) is 0 Å². The number of para-hydroxylation sites is 1. The third-order valence-electron chi connectivity index (χ3n) is 15.7. The van der Waals surface area contributed by atoms with E-state index in [1.165, 1.54) is 18.3 Å². The van der Waals surface area contributed by atoms with Gasteiger partial charge in [-0.15, -0.1) is 0 Å². The van der Waals surface area contributed by atoms with Crippen molar-refractivity contribution >= 4 is 58.4 Å². The topological polar surface area (TPSA) is 157 Å². The Bertz CT molecular complexity index is 3710. The van der Waals surface area contributed by atoms with Crippen molar-refractivity contribution in [3.05, 3.63) is 168 Å². The second-order valence-electron chi connectivity index (χ2n) is 20.4. The van der Waals surface area contributed by atoms with Crippen molar-refractivity contribution in [1.29, 1.82) is 0 Å². The highest BCUT2D eigenvalue weighted by atomic mass is 19.1. The summed E-state index contributed by atoms with van der Waals surface area (Å²) in [5.41, 5.74) is 8.33. The number of benzene rings is 4. The number of anilines is 6. The molecule has 2 aliphatic carbocycles. The summed E-state index contributed by atoms with van der Waals surface area (Å²) in [6.45, 7) is 0.687. The predicted molar refractivity (Wildman–Crippen MR) is 287 cm³/mol. The second kappa shape index (κ2) is 17.8. The van der Waals surface area contributed by atoms with E-state index in [1.54, 1.807) is 30.0 Å². The van der Waals surface area contributed by atoms with E-state index in [2.05, 4.69) is 30.4 Å². The van der Waals surface area contributed by atoms with Gasteiger partial charge in [-0.05, 0) is 103 Å². The summed E-state index contributed by atoms with van der Waals surface area (Å²) < 4.78 is 33.1. The van der Waals surface area contributed by atoms with Crippen molar-refractivity contribution < 1.29 is 18.4 Å². The van der Waals surface area contributed by atoms with E-state index >= 15 is 4.39 Å². The van der Waals surface area contributed by atoms with E-state index in [-0.39, 0.29) is 36.0 Å². The number of guanidine groups is 2. The van der Waals surface area contributed by atoms with Crippen molar-refractivity contribution in [2.45, 2.75) is 75.8 Å². The number of aliphatic imine (C=N–C) groups is 2. The monoisotopic (exact) mass is 1010 g/mol. The normalized spacial score (nSPS) is 20.0. The molecule has 4 aliphatic heterocycles. The summed E-state index contributed by atoms with van der Waals surface area (Å²) in [4.78, 5) is 54.7. The van der Waals surface area contributed by atoms with Gasteiger partial charge in [-0.2, -0.15) is 14.6 Å². The lowest BCUT2D eigenvalue weighted by molar-refractivity contribution is 0.0857. The fourth-order valence-corrected chi connectivity index (χ4v) is 11.9. The van der Waals surface area contributed by atoms with Crippen LogP contribution in [0.5, 0.6) is 0 Å². The first kappa shape index (κ1) is 45.5. The quantitative estimate of drug-likeness (QED) is 0.120. The Balaban J connectivity index is 0.761. The van der Waals surface area contributed by atoms with Crippen LogP contribution in [0.25, 0.3) is 33.6 Å². The number of hydrogen-bond acceptors (Lipinski definition) is 12. The first-order valence-corrected chi connectivity index (χ1v) is 25.8. The molecule has 0 saturated heterocycles. The number of amides is 2. The molecule has 18 heteroatoms. The Morgan fingerprint density at radius 2 is 1.11 bits per heavy atom. The van der Waals surface area contributed by atoms with Gasteiger partial charge in [0, 0.05) is 42.7 Å². The third-order valence-corrected chi connectivity index (χ3v) is 15.7. The van der Waals surface area contributed by atoms with Gasteiger partial charge in [0.05, 0.1) is 54.8 Å². The van der Waals surface area contributed by atoms with Gasteiger partial charge in [-0.3, -0.25) is 34.2 Å². The van der Waals surface area contributed by atoms with Crippen LogP contribution in [0.15, 0.2) is 144 Å². The average molecular weight is 1010 g/mol. The maximum atomic E-state index is 15.7. The fraction of sp³-hybridized carbons (Fsp3) is 0.241.